The normalized spacial score (nSPS) is 13.5. The number of aliphatic carboxylic acids is 1. The number of ether oxygens (including phenoxy) is 3. The Balaban J connectivity index is 4.43. The minimum absolute atomic E-state index is 0.0226. The lowest BCUT2D eigenvalue weighted by molar-refractivity contribution is -0.889. The maximum atomic E-state index is 12.7. The minimum Gasteiger partial charge on any atom is -0.544 e. The van der Waals surface area contributed by atoms with Crippen LogP contribution in [0.15, 0.2) is 60.8 Å². The fraction of sp³-hybridized carbons (Fsp3) is 0.729. The minimum atomic E-state index is -1.13. The van der Waals surface area contributed by atoms with E-state index in [1.807, 2.05) is 0 Å². The molecule has 2 atom stereocenters. The van der Waals surface area contributed by atoms with Gasteiger partial charge >= 0.3 is 11.9 Å². The molecule has 0 saturated carbocycles. The third-order valence-electron chi connectivity index (χ3n) is 9.67. The van der Waals surface area contributed by atoms with Crippen molar-refractivity contribution in [1.29, 1.82) is 0 Å². The van der Waals surface area contributed by atoms with Gasteiger partial charge in [-0.25, -0.2) is 0 Å². The topological polar surface area (TPSA) is 102 Å². The Bertz CT molecular complexity index is 1100. The van der Waals surface area contributed by atoms with Gasteiger partial charge in [0.05, 0.1) is 40.3 Å². The summed E-state index contributed by atoms with van der Waals surface area (Å²) >= 11 is 0. The van der Waals surface area contributed by atoms with E-state index >= 15 is 0 Å². The number of allylic oxidation sites excluding steroid dienone is 10. The van der Waals surface area contributed by atoms with Crippen LogP contribution in [0.2, 0.25) is 0 Å². The average molecular weight is 786 g/mol. The van der Waals surface area contributed by atoms with Crippen molar-refractivity contribution in [2.75, 3.05) is 41.0 Å². The summed E-state index contributed by atoms with van der Waals surface area (Å²) in [6.07, 6.45) is 46.8. The molecule has 0 aromatic carbocycles. The van der Waals surface area contributed by atoms with E-state index in [0.29, 0.717) is 12.8 Å². The molecule has 0 N–H and O–H groups in total. The van der Waals surface area contributed by atoms with E-state index in [9.17, 15) is 19.5 Å². The number of rotatable bonds is 39. The van der Waals surface area contributed by atoms with Gasteiger partial charge < -0.3 is 28.6 Å². The number of quaternary nitrogens is 1. The van der Waals surface area contributed by atoms with Crippen molar-refractivity contribution in [3.05, 3.63) is 60.8 Å². The molecule has 0 aliphatic rings. The van der Waals surface area contributed by atoms with Crippen LogP contribution in [0.25, 0.3) is 0 Å². The van der Waals surface area contributed by atoms with E-state index in [1.54, 1.807) is 21.1 Å². The number of carboxylic acids is 1. The summed E-state index contributed by atoms with van der Waals surface area (Å²) in [5.74, 6) is -1.81. The first-order valence-electron chi connectivity index (χ1n) is 22.3. The highest BCUT2D eigenvalue weighted by Gasteiger charge is 2.25. The van der Waals surface area contributed by atoms with Crippen molar-refractivity contribution in [3.63, 3.8) is 0 Å². The van der Waals surface area contributed by atoms with Crippen molar-refractivity contribution in [1.82, 2.24) is 0 Å². The molecular formula is C48H83NO7. The molecule has 0 spiro atoms. The number of carbonyl (C=O) groups is 3. The predicted octanol–water partition coefficient (Wildman–Crippen LogP) is 10.9. The summed E-state index contributed by atoms with van der Waals surface area (Å²) < 4.78 is 17.1. The molecule has 56 heavy (non-hydrogen) atoms. The summed E-state index contributed by atoms with van der Waals surface area (Å²) in [6.45, 7) is 4.49. The number of carbonyl (C=O) groups excluding carboxylic acids is 3. The monoisotopic (exact) mass is 786 g/mol. The van der Waals surface area contributed by atoms with Crippen molar-refractivity contribution in [3.8, 4) is 0 Å². The number of nitrogens with zero attached hydrogens (tertiary/aromatic N) is 1. The Labute approximate surface area is 343 Å². The van der Waals surface area contributed by atoms with Crippen LogP contribution >= 0.6 is 0 Å². The number of esters is 2. The summed E-state index contributed by atoms with van der Waals surface area (Å²) in [5.41, 5.74) is 0. The lowest BCUT2D eigenvalue weighted by Crippen LogP contribution is -2.55. The number of unbranched alkanes of at least 4 members (excludes halogenated alkanes) is 15. The molecule has 0 aliphatic carbocycles. The van der Waals surface area contributed by atoms with E-state index in [0.717, 1.165) is 57.8 Å². The molecule has 0 saturated heterocycles. The average Bonchev–Trinajstić information content (AvgIpc) is 3.15. The molecule has 0 fully saturated rings. The van der Waals surface area contributed by atoms with Crippen LogP contribution in [-0.4, -0.2) is 75.5 Å². The van der Waals surface area contributed by atoms with Crippen LogP contribution in [0.3, 0.4) is 0 Å². The standard InChI is InChI=1S/C48H83NO7/c1-6-8-10-12-14-16-18-20-22-23-25-26-28-30-32-34-36-38-46(50)55-43-44(42-54-41-40-45(48(52)53)49(3,4)5)56-47(51)39-37-35-33-31-29-27-24-21-19-17-15-13-11-9-7-2/h8,10,14,16,20,22,25-26,30,32,44-45H,6-7,9,11-13,15,17-19,21,23-24,27-29,31,33-43H2,1-5H3/b10-8+,16-14+,22-20+,26-25+,32-30+. The zero-order valence-electron chi connectivity index (χ0n) is 36.5. The Hall–Kier alpha value is -2.97. The summed E-state index contributed by atoms with van der Waals surface area (Å²) in [7, 11) is 5.39. The van der Waals surface area contributed by atoms with Crippen molar-refractivity contribution >= 4 is 17.9 Å². The first-order valence-corrected chi connectivity index (χ1v) is 22.3. The second-order valence-electron chi connectivity index (χ2n) is 15.9. The smallest absolute Gasteiger partial charge is 0.306 e. The van der Waals surface area contributed by atoms with Gasteiger partial charge in [-0.05, 0) is 51.4 Å². The Morgan fingerprint density at radius 3 is 1.46 bits per heavy atom. The summed E-state index contributed by atoms with van der Waals surface area (Å²) in [5, 5.41) is 11.6. The second-order valence-corrected chi connectivity index (χ2v) is 15.9. The molecule has 8 nitrogen and oxygen atoms in total. The lowest BCUT2D eigenvalue weighted by atomic mass is 10.0. The highest BCUT2D eigenvalue weighted by molar-refractivity contribution is 5.70. The molecule has 2 unspecified atom stereocenters. The first kappa shape index (κ1) is 53.0. The fourth-order valence-corrected chi connectivity index (χ4v) is 6.22. The van der Waals surface area contributed by atoms with Crippen LogP contribution < -0.4 is 5.11 Å². The molecular weight excluding hydrogens is 703 g/mol. The Morgan fingerprint density at radius 1 is 0.554 bits per heavy atom. The second kappa shape index (κ2) is 38.9. The first-order chi connectivity index (χ1) is 27.1. The third kappa shape index (κ3) is 36.7. The number of carboxylic acid groups (broad SMARTS) is 1. The van der Waals surface area contributed by atoms with E-state index in [1.165, 1.54) is 77.0 Å². The van der Waals surface area contributed by atoms with Crippen LogP contribution in [-0.2, 0) is 28.6 Å². The highest BCUT2D eigenvalue weighted by atomic mass is 16.6. The largest absolute Gasteiger partial charge is 0.544 e. The van der Waals surface area contributed by atoms with E-state index in [2.05, 4.69) is 74.6 Å². The Morgan fingerprint density at radius 2 is 1.00 bits per heavy atom. The van der Waals surface area contributed by atoms with Crippen LogP contribution in [0.1, 0.15) is 174 Å². The van der Waals surface area contributed by atoms with Gasteiger partial charge in [-0.15, -0.1) is 0 Å². The Kier molecular flexibility index (Phi) is 36.8. The summed E-state index contributed by atoms with van der Waals surface area (Å²) in [6, 6.07) is -0.734. The van der Waals surface area contributed by atoms with Crippen LogP contribution in [0.5, 0.6) is 0 Å². The number of likely N-dealkylation sites (N-methyl/N-ethyl adjacent to an activating group) is 1. The van der Waals surface area contributed by atoms with Gasteiger partial charge in [-0.1, -0.05) is 164 Å². The molecule has 0 rings (SSSR count). The van der Waals surface area contributed by atoms with E-state index < -0.39 is 18.1 Å². The quantitative estimate of drug-likeness (QED) is 0.0265. The molecule has 8 heteroatoms. The molecule has 0 heterocycles. The maximum Gasteiger partial charge on any atom is 0.306 e. The zero-order chi connectivity index (χ0) is 41.4. The van der Waals surface area contributed by atoms with Gasteiger partial charge in [-0.2, -0.15) is 0 Å². The molecule has 0 aliphatic heterocycles. The summed E-state index contributed by atoms with van der Waals surface area (Å²) in [4.78, 5) is 36.8. The SMILES string of the molecule is CC/C=C/C/C=C/C/C=C/C/C=C/C/C=C/CCCC(=O)OCC(COCCC(C(=O)[O-])[N+](C)(C)C)OC(=O)CCCCCCCCCCCCCCCCC. The predicted molar refractivity (Wildman–Crippen MR) is 231 cm³/mol. The fourth-order valence-electron chi connectivity index (χ4n) is 6.22. The van der Waals surface area contributed by atoms with Gasteiger partial charge in [0, 0.05) is 19.3 Å². The van der Waals surface area contributed by atoms with E-state index in [4.69, 9.17) is 14.2 Å². The molecule has 0 radical (unpaired) electrons. The molecule has 0 aromatic heterocycles. The zero-order valence-corrected chi connectivity index (χ0v) is 36.5. The van der Waals surface area contributed by atoms with Gasteiger partial charge in [0.15, 0.2) is 6.10 Å². The van der Waals surface area contributed by atoms with Crippen molar-refractivity contribution in [2.24, 2.45) is 0 Å². The molecule has 0 bridgehead atoms. The van der Waals surface area contributed by atoms with Gasteiger partial charge in [0.1, 0.15) is 12.6 Å². The van der Waals surface area contributed by atoms with Crippen molar-refractivity contribution < 1.29 is 38.2 Å². The molecule has 0 amide bonds. The van der Waals surface area contributed by atoms with Gasteiger partial charge in [0.2, 0.25) is 0 Å². The maximum absolute atomic E-state index is 12.7. The van der Waals surface area contributed by atoms with Crippen LogP contribution in [0, 0.1) is 0 Å². The molecule has 322 valence electrons. The van der Waals surface area contributed by atoms with Crippen molar-refractivity contribution in [2.45, 2.75) is 187 Å². The van der Waals surface area contributed by atoms with Crippen LogP contribution in [0.4, 0.5) is 0 Å². The van der Waals surface area contributed by atoms with Gasteiger partial charge in [0.25, 0.3) is 0 Å². The highest BCUT2D eigenvalue weighted by Crippen LogP contribution is 2.15. The van der Waals surface area contributed by atoms with Gasteiger partial charge in [-0.3, -0.25) is 9.59 Å². The number of hydrogen-bond donors (Lipinski definition) is 0. The van der Waals surface area contributed by atoms with E-state index in [-0.39, 0.29) is 49.1 Å². The molecule has 0 aromatic rings. The lowest BCUT2D eigenvalue weighted by Gasteiger charge is -2.34. The third-order valence-corrected chi connectivity index (χ3v) is 9.67. The number of hydrogen-bond acceptors (Lipinski definition) is 7.